The predicted octanol–water partition coefficient (Wildman–Crippen LogP) is 3.59. The number of halogens is 1. The highest BCUT2D eigenvalue weighted by atomic mass is 35.5. The van der Waals surface area contributed by atoms with Crippen molar-refractivity contribution in [3.05, 3.63) is 47.0 Å². The fourth-order valence-electron chi connectivity index (χ4n) is 2.62. The normalized spacial score (nSPS) is 16.3. The summed E-state index contributed by atoms with van der Waals surface area (Å²) in [5.74, 6) is -0.126. The summed E-state index contributed by atoms with van der Waals surface area (Å²) >= 11 is 5.89. The first-order chi connectivity index (χ1) is 11.1. The van der Waals surface area contributed by atoms with E-state index < -0.39 is 0 Å². The molecule has 0 saturated carbocycles. The highest BCUT2D eigenvalue weighted by Crippen LogP contribution is 2.22. The average Bonchev–Trinajstić information content (AvgIpc) is 3.02. The summed E-state index contributed by atoms with van der Waals surface area (Å²) in [6.45, 7) is 2.43. The minimum atomic E-state index is -0.378. The molecule has 0 heterocycles. The molecule has 0 bridgehead atoms. The van der Waals surface area contributed by atoms with E-state index in [0.29, 0.717) is 24.6 Å². The SMILES string of the molecule is CCOC(=O)CN(Cc1ccc(Cl)cc1)C(=O)C[C@@H]1C=CCC1. The zero-order valence-electron chi connectivity index (χ0n) is 13.3. The number of allylic oxidation sites excluding steroid dienone is 2. The molecular formula is C18H22ClNO3. The van der Waals surface area contributed by atoms with Crippen LogP contribution in [0.2, 0.25) is 5.02 Å². The third kappa shape index (κ3) is 5.71. The summed E-state index contributed by atoms with van der Waals surface area (Å²) in [7, 11) is 0. The quantitative estimate of drug-likeness (QED) is 0.565. The predicted molar refractivity (Wildman–Crippen MR) is 90.0 cm³/mol. The van der Waals surface area contributed by atoms with E-state index in [9.17, 15) is 9.59 Å². The molecule has 0 aromatic heterocycles. The number of nitrogens with zero attached hydrogens (tertiary/aromatic N) is 1. The van der Waals surface area contributed by atoms with Crippen LogP contribution in [-0.2, 0) is 20.9 Å². The largest absolute Gasteiger partial charge is 0.465 e. The zero-order chi connectivity index (χ0) is 16.7. The Bertz CT molecular complexity index is 568. The van der Waals surface area contributed by atoms with Gasteiger partial charge < -0.3 is 9.64 Å². The molecule has 2 rings (SSSR count). The van der Waals surface area contributed by atoms with Crippen molar-refractivity contribution in [2.75, 3.05) is 13.2 Å². The summed E-state index contributed by atoms with van der Waals surface area (Å²) in [4.78, 5) is 25.9. The Balaban J connectivity index is 2.03. The lowest BCUT2D eigenvalue weighted by Crippen LogP contribution is -2.36. The second-order valence-corrected chi connectivity index (χ2v) is 6.09. The second kappa shape index (κ2) is 8.73. The van der Waals surface area contributed by atoms with Crippen LogP contribution < -0.4 is 0 Å². The third-order valence-corrected chi connectivity index (χ3v) is 4.07. The van der Waals surface area contributed by atoms with E-state index in [0.717, 1.165) is 18.4 Å². The lowest BCUT2D eigenvalue weighted by atomic mass is 10.0. The van der Waals surface area contributed by atoms with Gasteiger partial charge in [-0.25, -0.2) is 0 Å². The highest BCUT2D eigenvalue weighted by molar-refractivity contribution is 6.30. The van der Waals surface area contributed by atoms with E-state index in [1.807, 2.05) is 12.1 Å². The molecule has 0 N–H and O–H groups in total. The number of benzene rings is 1. The van der Waals surface area contributed by atoms with Crippen molar-refractivity contribution in [1.82, 2.24) is 4.90 Å². The van der Waals surface area contributed by atoms with Crippen LogP contribution in [0.5, 0.6) is 0 Å². The number of hydrogen-bond acceptors (Lipinski definition) is 3. The first kappa shape index (κ1) is 17.5. The molecule has 5 heteroatoms. The van der Waals surface area contributed by atoms with E-state index in [2.05, 4.69) is 12.2 Å². The Morgan fingerprint density at radius 2 is 2.04 bits per heavy atom. The number of rotatable bonds is 7. The van der Waals surface area contributed by atoms with Gasteiger partial charge in [0.25, 0.3) is 0 Å². The molecule has 0 saturated heterocycles. The van der Waals surface area contributed by atoms with E-state index in [1.165, 1.54) is 0 Å². The van der Waals surface area contributed by atoms with Gasteiger partial charge >= 0.3 is 5.97 Å². The van der Waals surface area contributed by atoms with Crippen LogP contribution in [0.25, 0.3) is 0 Å². The van der Waals surface area contributed by atoms with Crippen LogP contribution in [0, 0.1) is 5.92 Å². The molecule has 1 aromatic rings. The Morgan fingerprint density at radius 3 is 2.65 bits per heavy atom. The van der Waals surface area contributed by atoms with Crippen molar-refractivity contribution in [1.29, 1.82) is 0 Å². The number of amides is 1. The van der Waals surface area contributed by atoms with Crippen LogP contribution in [0.1, 0.15) is 31.7 Å². The van der Waals surface area contributed by atoms with Gasteiger partial charge in [-0.05, 0) is 43.4 Å². The molecule has 4 nitrogen and oxygen atoms in total. The maximum absolute atomic E-state index is 12.6. The van der Waals surface area contributed by atoms with Gasteiger partial charge in [0, 0.05) is 18.0 Å². The van der Waals surface area contributed by atoms with Crippen LogP contribution in [0.15, 0.2) is 36.4 Å². The van der Waals surface area contributed by atoms with Crippen LogP contribution in [-0.4, -0.2) is 29.9 Å². The Hall–Kier alpha value is -1.81. The summed E-state index contributed by atoms with van der Waals surface area (Å²) < 4.78 is 4.98. The van der Waals surface area contributed by atoms with Gasteiger partial charge in [-0.2, -0.15) is 0 Å². The van der Waals surface area contributed by atoms with Crippen molar-refractivity contribution in [3.8, 4) is 0 Å². The molecule has 0 spiro atoms. The molecule has 1 aliphatic carbocycles. The molecule has 0 radical (unpaired) electrons. The molecule has 1 atom stereocenters. The summed E-state index contributed by atoms with van der Waals surface area (Å²) in [5, 5.41) is 0.646. The summed E-state index contributed by atoms with van der Waals surface area (Å²) in [6.07, 6.45) is 6.64. The zero-order valence-corrected chi connectivity index (χ0v) is 14.1. The third-order valence-electron chi connectivity index (χ3n) is 3.81. The Labute approximate surface area is 142 Å². The lowest BCUT2D eigenvalue weighted by Gasteiger charge is -2.23. The number of esters is 1. The van der Waals surface area contributed by atoms with E-state index >= 15 is 0 Å². The van der Waals surface area contributed by atoms with Crippen molar-refractivity contribution < 1.29 is 14.3 Å². The molecule has 124 valence electrons. The van der Waals surface area contributed by atoms with Crippen molar-refractivity contribution in [3.63, 3.8) is 0 Å². The lowest BCUT2D eigenvalue weighted by molar-refractivity contribution is -0.149. The molecule has 0 unspecified atom stereocenters. The summed E-state index contributed by atoms with van der Waals surface area (Å²) in [6, 6.07) is 7.29. The molecular weight excluding hydrogens is 314 g/mol. The average molecular weight is 336 g/mol. The van der Waals surface area contributed by atoms with E-state index in [-0.39, 0.29) is 24.3 Å². The van der Waals surface area contributed by atoms with Gasteiger partial charge in [-0.15, -0.1) is 0 Å². The van der Waals surface area contributed by atoms with Gasteiger partial charge in [0.15, 0.2) is 0 Å². The van der Waals surface area contributed by atoms with Crippen molar-refractivity contribution >= 4 is 23.5 Å². The fourth-order valence-corrected chi connectivity index (χ4v) is 2.75. The number of carbonyl (C=O) groups is 2. The summed E-state index contributed by atoms with van der Waals surface area (Å²) in [5.41, 5.74) is 0.939. The van der Waals surface area contributed by atoms with Gasteiger partial charge in [0.05, 0.1) is 6.61 Å². The van der Waals surface area contributed by atoms with Crippen LogP contribution in [0.4, 0.5) is 0 Å². The van der Waals surface area contributed by atoms with E-state index in [1.54, 1.807) is 24.0 Å². The van der Waals surface area contributed by atoms with E-state index in [4.69, 9.17) is 16.3 Å². The molecule has 1 amide bonds. The molecule has 0 aliphatic heterocycles. The van der Waals surface area contributed by atoms with Gasteiger partial charge in [-0.1, -0.05) is 35.9 Å². The smallest absolute Gasteiger partial charge is 0.325 e. The first-order valence-electron chi connectivity index (χ1n) is 7.93. The molecule has 1 aliphatic rings. The van der Waals surface area contributed by atoms with Gasteiger partial charge in [0.1, 0.15) is 6.54 Å². The standard InChI is InChI=1S/C18H22ClNO3/c1-2-23-18(22)13-20(12-15-7-9-16(19)10-8-15)17(21)11-14-5-3-4-6-14/h3,5,7-10,14H,2,4,6,11-13H2,1H3/t14-/m1/s1. The minimum Gasteiger partial charge on any atom is -0.465 e. The number of ether oxygens (including phenoxy) is 1. The van der Waals surface area contributed by atoms with Crippen LogP contribution >= 0.6 is 11.6 Å². The van der Waals surface area contributed by atoms with Crippen molar-refractivity contribution in [2.45, 2.75) is 32.7 Å². The molecule has 0 fully saturated rings. The second-order valence-electron chi connectivity index (χ2n) is 5.65. The maximum atomic E-state index is 12.6. The fraction of sp³-hybridized carbons (Fsp3) is 0.444. The van der Waals surface area contributed by atoms with Gasteiger partial charge in [0.2, 0.25) is 5.91 Å². The number of carbonyl (C=O) groups excluding carboxylic acids is 2. The van der Waals surface area contributed by atoms with Crippen molar-refractivity contribution in [2.24, 2.45) is 5.92 Å². The molecule has 1 aromatic carbocycles. The Kier molecular flexibility index (Phi) is 6.66. The highest BCUT2D eigenvalue weighted by Gasteiger charge is 2.22. The monoisotopic (exact) mass is 335 g/mol. The minimum absolute atomic E-state index is 0.0221. The number of hydrogen-bond donors (Lipinski definition) is 0. The topological polar surface area (TPSA) is 46.6 Å². The van der Waals surface area contributed by atoms with Crippen LogP contribution in [0.3, 0.4) is 0 Å². The first-order valence-corrected chi connectivity index (χ1v) is 8.30. The molecule has 23 heavy (non-hydrogen) atoms. The Morgan fingerprint density at radius 1 is 1.30 bits per heavy atom. The maximum Gasteiger partial charge on any atom is 0.325 e. The van der Waals surface area contributed by atoms with Gasteiger partial charge in [-0.3, -0.25) is 9.59 Å².